The zero-order valence-electron chi connectivity index (χ0n) is 14.0. The number of thiophene rings is 1. The molecule has 6 nitrogen and oxygen atoms in total. The van der Waals surface area contributed by atoms with E-state index in [0.29, 0.717) is 11.2 Å². The van der Waals surface area contributed by atoms with Crippen LogP contribution in [-0.4, -0.2) is 45.7 Å². The van der Waals surface area contributed by atoms with Gasteiger partial charge in [0.15, 0.2) is 0 Å². The summed E-state index contributed by atoms with van der Waals surface area (Å²) in [7, 11) is 1.64. The van der Waals surface area contributed by atoms with Crippen LogP contribution in [0.15, 0.2) is 17.5 Å². The second-order valence-electron chi connectivity index (χ2n) is 6.96. The van der Waals surface area contributed by atoms with Crippen molar-refractivity contribution in [1.82, 2.24) is 25.0 Å². The molecule has 0 unspecified atom stereocenters. The molecule has 1 N–H and O–H groups in total. The minimum atomic E-state index is -0.138. The lowest BCUT2D eigenvalue weighted by atomic mass is 9.73. The van der Waals surface area contributed by atoms with E-state index in [1.807, 2.05) is 11.3 Å². The topological polar surface area (TPSA) is 63.1 Å². The Morgan fingerprint density at radius 3 is 2.88 bits per heavy atom. The van der Waals surface area contributed by atoms with Gasteiger partial charge in [-0.1, -0.05) is 6.07 Å². The Morgan fingerprint density at radius 1 is 1.33 bits per heavy atom. The number of carbonyl (C=O) groups is 1. The first kappa shape index (κ1) is 15.8. The number of rotatable bonds is 3. The molecule has 1 saturated heterocycles. The number of aromatic nitrogens is 3. The van der Waals surface area contributed by atoms with Crippen molar-refractivity contribution in [3.8, 4) is 0 Å². The summed E-state index contributed by atoms with van der Waals surface area (Å²) in [5.74, 6) is 1.29. The maximum atomic E-state index is 12.0. The van der Waals surface area contributed by atoms with E-state index < -0.39 is 0 Å². The van der Waals surface area contributed by atoms with Crippen LogP contribution in [0.25, 0.3) is 0 Å². The number of nitrogens with zero attached hydrogens (tertiary/aromatic N) is 4. The van der Waals surface area contributed by atoms with Crippen LogP contribution in [-0.2, 0) is 19.5 Å². The molecule has 0 aromatic carbocycles. The fourth-order valence-corrected chi connectivity index (χ4v) is 4.72. The van der Waals surface area contributed by atoms with Gasteiger partial charge in [-0.05, 0) is 49.2 Å². The zero-order chi connectivity index (χ0) is 16.6. The van der Waals surface area contributed by atoms with Crippen molar-refractivity contribution in [2.45, 2.75) is 38.8 Å². The molecule has 0 atom stereocenters. The first-order chi connectivity index (χ1) is 11.7. The fourth-order valence-electron chi connectivity index (χ4n) is 3.97. The minimum Gasteiger partial charge on any atom is -0.352 e. The molecule has 7 heteroatoms. The van der Waals surface area contributed by atoms with Gasteiger partial charge in [0.2, 0.25) is 5.82 Å². The van der Waals surface area contributed by atoms with Gasteiger partial charge in [0.1, 0.15) is 5.82 Å². The van der Waals surface area contributed by atoms with Crippen LogP contribution in [0.4, 0.5) is 0 Å². The molecule has 0 radical (unpaired) electrons. The van der Waals surface area contributed by atoms with Gasteiger partial charge in [0.25, 0.3) is 5.91 Å². The highest BCUT2D eigenvalue weighted by molar-refractivity contribution is 7.09. The monoisotopic (exact) mass is 345 g/mol. The smallest absolute Gasteiger partial charge is 0.288 e. The molecular formula is C17H23N5OS. The lowest BCUT2D eigenvalue weighted by Gasteiger charge is -2.44. The van der Waals surface area contributed by atoms with Crippen molar-refractivity contribution >= 4 is 17.2 Å². The highest BCUT2D eigenvalue weighted by atomic mass is 32.1. The number of amides is 1. The number of likely N-dealkylation sites (tertiary alicyclic amines) is 1. The number of hydrogen-bond donors (Lipinski definition) is 1. The number of hydrogen-bond acceptors (Lipinski definition) is 5. The normalized spacial score (nSPS) is 20.0. The quantitative estimate of drug-likeness (QED) is 0.923. The summed E-state index contributed by atoms with van der Waals surface area (Å²) in [6, 6.07) is 4.34. The van der Waals surface area contributed by atoms with E-state index in [1.54, 1.807) is 7.05 Å². The molecule has 1 fully saturated rings. The molecule has 0 aliphatic carbocycles. The molecule has 2 aliphatic heterocycles. The standard InChI is InChI=1S/C17H23N5OS/c1-18-16(23)15-20-19-14-4-5-17(12-22(14)15)6-8-21(9-7-17)11-13-3-2-10-24-13/h2-3,10H,4-9,11-12H2,1H3,(H,18,23). The van der Waals surface area contributed by atoms with E-state index in [0.717, 1.165) is 44.8 Å². The van der Waals surface area contributed by atoms with Crippen molar-refractivity contribution in [3.05, 3.63) is 34.0 Å². The predicted octanol–water partition coefficient (Wildman–Crippen LogP) is 1.93. The summed E-state index contributed by atoms with van der Waals surface area (Å²) < 4.78 is 2.05. The second-order valence-corrected chi connectivity index (χ2v) is 7.99. The van der Waals surface area contributed by atoms with Crippen LogP contribution < -0.4 is 5.32 Å². The molecule has 1 amide bonds. The molecule has 4 rings (SSSR count). The Kier molecular flexibility index (Phi) is 4.14. The summed E-state index contributed by atoms with van der Waals surface area (Å²) in [6.45, 7) is 4.20. The van der Waals surface area contributed by atoms with E-state index in [9.17, 15) is 4.79 Å². The molecule has 0 bridgehead atoms. The molecule has 128 valence electrons. The number of aryl methyl sites for hydroxylation is 1. The Balaban J connectivity index is 1.45. The highest BCUT2D eigenvalue weighted by Crippen LogP contribution is 2.41. The first-order valence-electron chi connectivity index (χ1n) is 8.58. The van der Waals surface area contributed by atoms with Gasteiger partial charge >= 0.3 is 0 Å². The predicted molar refractivity (Wildman–Crippen MR) is 93.0 cm³/mol. The molecule has 2 aliphatic rings. The third-order valence-corrected chi connectivity index (χ3v) is 6.37. The number of carbonyl (C=O) groups excluding carboxylic acids is 1. The van der Waals surface area contributed by atoms with E-state index in [4.69, 9.17) is 0 Å². The minimum absolute atomic E-state index is 0.138. The van der Waals surface area contributed by atoms with Gasteiger partial charge in [-0.3, -0.25) is 9.69 Å². The summed E-state index contributed by atoms with van der Waals surface area (Å²) in [5.41, 5.74) is 0.296. The van der Waals surface area contributed by atoms with E-state index >= 15 is 0 Å². The second kappa shape index (κ2) is 6.29. The average molecular weight is 345 g/mol. The van der Waals surface area contributed by atoms with Gasteiger partial charge in [-0.2, -0.15) is 0 Å². The van der Waals surface area contributed by atoms with Crippen LogP contribution in [0.1, 0.15) is 40.6 Å². The average Bonchev–Trinajstić information content (AvgIpc) is 3.26. The molecule has 2 aromatic rings. The van der Waals surface area contributed by atoms with E-state index in [2.05, 4.69) is 42.5 Å². The lowest BCUT2D eigenvalue weighted by Crippen LogP contribution is -2.44. The summed E-state index contributed by atoms with van der Waals surface area (Å²) in [4.78, 5) is 16.0. The van der Waals surface area contributed by atoms with Crippen LogP contribution in [0, 0.1) is 5.41 Å². The molecule has 1 spiro atoms. The highest BCUT2D eigenvalue weighted by Gasteiger charge is 2.39. The molecular weight excluding hydrogens is 322 g/mol. The Morgan fingerprint density at radius 2 is 2.17 bits per heavy atom. The maximum Gasteiger partial charge on any atom is 0.288 e. The Bertz CT molecular complexity index is 715. The van der Waals surface area contributed by atoms with Gasteiger partial charge < -0.3 is 9.88 Å². The van der Waals surface area contributed by atoms with Gasteiger partial charge in [-0.15, -0.1) is 21.5 Å². The third-order valence-electron chi connectivity index (χ3n) is 5.51. The van der Waals surface area contributed by atoms with Crippen LogP contribution in [0.5, 0.6) is 0 Å². The Hall–Kier alpha value is -1.73. The summed E-state index contributed by atoms with van der Waals surface area (Å²) >= 11 is 1.84. The van der Waals surface area contributed by atoms with Crippen molar-refractivity contribution in [2.24, 2.45) is 5.41 Å². The number of fused-ring (bicyclic) bond motifs is 1. The molecule has 2 aromatic heterocycles. The fraction of sp³-hybridized carbons (Fsp3) is 0.588. The van der Waals surface area contributed by atoms with Gasteiger partial charge in [0.05, 0.1) is 0 Å². The third kappa shape index (κ3) is 2.86. The van der Waals surface area contributed by atoms with Crippen molar-refractivity contribution in [1.29, 1.82) is 0 Å². The van der Waals surface area contributed by atoms with E-state index in [-0.39, 0.29) is 5.91 Å². The molecule has 4 heterocycles. The first-order valence-corrected chi connectivity index (χ1v) is 9.46. The molecule has 24 heavy (non-hydrogen) atoms. The SMILES string of the molecule is CNC(=O)c1nnc2n1CC1(CC2)CCN(Cc2cccs2)CC1. The van der Waals surface area contributed by atoms with Crippen LogP contribution in [0.2, 0.25) is 0 Å². The number of nitrogens with one attached hydrogen (secondary N) is 1. The zero-order valence-corrected chi connectivity index (χ0v) is 14.8. The van der Waals surface area contributed by atoms with Crippen LogP contribution in [0.3, 0.4) is 0 Å². The maximum absolute atomic E-state index is 12.0. The van der Waals surface area contributed by atoms with Crippen LogP contribution >= 0.6 is 11.3 Å². The largest absolute Gasteiger partial charge is 0.352 e. The Labute approximate surface area is 145 Å². The summed E-state index contributed by atoms with van der Waals surface area (Å²) in [5, 5.41) is 13.1. The van der Waals surface area contributed by atoms with Crippen molar-refractivity contribution in [2.75, 3.05) is 20.1 Å². The van der Waals surface area contributed by atoms with Crippen molar-refractivity contribution < 1.29 is 4.79 Å². The summed E-state index contributed by atoms with van der Waals surface area (Å²) in [6.07, 6.45) is 4.45. The van der Waals surface area contributed by atoms with Crippen molar-refractivity contribution in [3.63, 3.8) is 0 Å². The lowest BCUT2D eigenvalue weighted by molar-refractivity contribution is 0.0623. The van der Waals surface area contributed by atoms with Gasteiger partial charge in [0, 0.05) is 31.4 Å². The molecule has 0 saturated carbocycles. The van der Waals surface area contributed by atoms with Gasteiger partial charge in [-0.25, -0.2) is 0 Å². The number of piperidine rings is 1. The van der Waals surface area contributed by atoms with E-state index in [1.165, 1.54) is 17.7 Å².